The van der Waals surface area contributed by atoms with E-state index in [0.717, 1.165) is 13.0 Å². The highest BCUT2D eigenvalue weighted by atomic mass is 16.4. The predicted molar refractivity (Wildman–Crippen MR) is 70.5 cm³/mol. The van der Waals surface area contributed by atoms with Crippen molar-refractivity contribution in [2.24, 2.45) is 0 Å². The molecule has 1 rings (SSSR count). The van der Waals surface area contributed by atoms with E-state index in [1.165, 1.54) is 5.56 Å². The number of aliphatic hydroxyl groups is 1. The van der Waals surface area contributed by atoms with Crippen LogP contribution in [0.2, 0.25) is 0 Å². The summed E-state index contributed by atoms with van der Waals surface area (Å²) in [6.45, 7) is 1.37. The number of hydrogen-bond acceptors (Lipinski definition) is 3. The van der Waals surface area contributed by atoms with Crippen LogP contribution in [-0.4, -0.2) is 47.3 Å². The van der Waals surface area contributed by atoms with Gasteiger partial charge in [-0.3, -0.25) is 4.79 Å². The Morgan fingerprint density at radius 1 is 1.33 bits per heavy atom. The summed E-state index contributed by atoms with van der Waals surface area (Å²) in [6.07, 6.45) is 0.698. The minimum atomic E-state index is -0.860. The van der Waals surface area contributed by atoms with Gasteiger partial charge in [0.25, 0.3) is 0 Å². The first-order valence-corrected chi connectivity index (χ1v) is 6.20. The van der Waals surface area contributed by atoms with E-state index in [4.69, 9.17) is 5.11 Å². The highest BCUT2D eigenvalue weighted by molar-refractivity contribution is 5.66. The SMILES string of the molecule is CN(CCc1ccccc1)CC(O)CCC(=O)O. The fourth-order valence-corrected chi connectivity index (χ4v) is 1.80. The zero-order valence-corrected chi connectivity index (χ0v) is 10.7. The Balaban J connectivity index is 2.20. The van der Waals surface area contributed by atoms with Crippen molar-refractivity contribution in [3.8, 4) is 0 Å². The van der Waals surface area contributed by atoms with E-state index in [-0.39, 0.29) is 6.42 Å². The largest absolute Gasteiger partial charge is 0.481 e. The van der Waals surface area contributed by atoms with Crippen LogP contribution in [0.3, 0.4) is 0 Å². The van der Waals surface area contributed by atoms with Crippen LogP contribution >= 0.6 is 0 Å². The summed E-state index contributed by atoms with van der Waals surface area (Å²) in [4.78, 5) is 12.4. The van der Waals surface area contributed by atoms with Crippen LogP contribution in [-0.2, 0) is 11.2 Å². The molecule has 4 nitrogen and oxygen atoms in total. The molecule has 2 N–H and O–H groups in total. The average Bonchev–Trinajstić information content (AvgIpc) is 2.35. The van der Waals surface area contributed by atoms with E-state index >= 15 is 0 Å². The van der Waals surface area contributed by atoms with Crippen molar-refractivity contribution >= 4 is 5.97 Å². The minimum Gasteiger partial charge on any atom is -0.481 e. The highest BCUT2D eigenvalue weighted by Gasteiger charge is 2.10. The molecule has 4 heteroatoms. The average molecular weight is 251 g/mol. The summed E-state index contributed by atoms with van der Waals surface area (Å²) in [5.74, 6) is -0.860. The Morgan fingerprint density at radius 3 is 2.61 bits per heavy atom. The van der Waals surface area contributed by atoms with E-state index in [9.17, 15) is 9.90 Å². The Hall–Kier alpha value is -1.39. The van der Waals surface area contributed by atoms with Gasteiger partial charge in [0, 0.05) is 19.5 Å². The summed E-state index contributed by atoms with van der Waals surface area (Å²) >= 11 is 0. The molecule has 0 saturated heterocycles. The van der Waals surface area contributed by atoms with Crippen molar-refractivity contribution in [2.75, 3.05) is 20.1 Å². The predicted octanol–water partition coefficient (Wildman–Crippen LogP) is 1.39. The molecule has 0 bridgehead atoms. The van der Waals surface area contributed by atoms with Gasteiger partial charge in [-0.2, -0.15) is 0 Å². The Morgan fingerprint density at radius 2 is 2.00 bits per heavy atom. The van der Waals surface area contributed by atoms with Crippen LogP contribution < -0.4 is 0 Å². The third-order valence-corrected chi connectivity index (χ3v) is 2.84. The lowest BCUT2D eigenvalue weighted by molar-refractivity contribution is -0.137. The molecule has 0 heterocycles. The number of benzene rings is 1. The second-order valence-corrected chi connectivity index (χ2v) is 4.58. The quantitative estimate of drug-likeness (QED) is 0.733. The third-order valence-electron chi connectivity index (χ3n) is 2.84. The molecule has 100 valence electrons. The minimum absolute atomic E-state index is 0.0215. The first-order chi connectivity index (χ1) is 8.58. The van der Waals surface area contributed by atoms with Gasteiger partial charge < -0.3 is 15.1 Å². The molecule has 0 aromatic heterocycles. The van der Waals surface area contributed by atoms with Crippen molar-refractivity contribution in [3.63, 3.8) is 0 Å². The highest BCUT2D eigenvalue weighted by Crippen LogP contribution is 2.03. The van der Waals surface area contributed by atoms with Crippen LogP contribution in [0.4, 0.5) is 0 Å². The first kappa shape index (κ1) is 14.7. The molecule has 0 spiro atoms. The molecular weight excluding hydrogens is 230 g/mol. The molecule has 0 aliphatic carbocycles. The number of aliphatic carboxylic acids is 1. The van der Waals surface area contributed by atoms with E-state index in [1.54, 1.807) is 0 Å². The maximum atomic E-state index is 10.4. The number of carboxylic acids is 1. The van der Waals surface area contributed by atoms with Crippen LogP contribution in [0.5, 0.6) is 0 Å². The maximum absolute atomic E-state index is 10.4. The molecule has 0 saturated carbocycles. The topological polar surface area (TPSA) is 60.8 Å². The molecular formula is C14H21NO3. The summed E-state index contributed by atoms with van der Waals surface area (Å²) in [5.41, 5.74) is 1.27. The van der Waals surface area contributed by atoms with Gasteiger partial charge in [-0.25, -0.2) is 0 Å². The zero-order valence-electron chi connectivity index (χ0n) is 10.7. The number of likely N-dealkylation sites (N-methyl/N-ethyl adjacent to an activating group) is 1. The van der Waals surface area contributed by atoms with E-state index in [1.807, 2.05) is 30.1 Å². The van der Waals surface area contributed by atoms with Crippen molar-refractivity contribution in [3.05, 3.63) is 35.9 Å². The number of carboxylic acid groups (broad SMARTS) is 1. The van der Waals surface area contributed by atoms with Gasteiger partial charge in [-0.15, -0.1) is 0 Å². The molecule has 1 aromatic carbocycles. The van der Waals surface area contributed by atoms with Gasteiger partial charge in [0.1, 0.15) is 0 Å². The van der Waals surface area contributed by atoms with E-state index < -0.39 is 12.1 Å². The smallest absolute Gasteiger partial charge is 0.303 e. The second kappa shape index (κ2) is 7.84. The number of hydrogen-bond donors (Lipinski definition) is 2. The molecule has 1 aromatic rings. The lowest BCUT2D eigenvalue weighted by Gasteiger charge is -2.20. The van der Waals surface area contributed by atoms with Gasteiger partial charge in [0.2, 0.25) is 0 Å². The lowest BCUT2D eigenvalue weighted by atomic mass is 10.1. The van der Waals surface area contributed by atoms with E-state index in [2.05, 4.69) is 12.1 Å². The van der Waals surface area contributed by atoms with Gasteiger partial charge in [0.05, 0.1) is 6.10 Å². The maximum Gasteiger partial charge on any atom is 0.303 e. The Labute approximate surface area is 108 Å². The molecule has 18 heavy (non-hydrogen) atoms. The normalized spacial score (nSPS) is 12.6. The van der Waals surface area contributed by atoms with Crippen LogP contribution in [0.25, 0.3) is 0 Å². The first-order valence-electron chi connectivity index (χ1n) is 6.20. The Kier molecular flexibility index (Phi) is 6.39. The van der Waals surface area contributed by atoms with Crippen LogP contribution in [0.15, 0.2) is 30.3 Å². The van der Waals surface area contributed by atoms with Crippen LogP contribution in [0.1, 0.15) is 18.4 Å². The Bertz CT molecular complexity index is 353. The molecule has 0 aliphatic rings. The molecule has 1 atom stereocenters. The van der Waals surface area contributed by atoms with Crippen LogP contribution in [0, 0.1) is 0 Å². The second-order valence-electron chi connectivity index (χ2n) is 4.58. The van der Waals surface area contributed by atoms with Crippen molar-refractivity contribution in [1.29, 1.82) is 0 Å². The van der Waals surface area contributed by atoms with Crippen molar-refractivity contribution in [1.82, 2.24) is 4.90 Å². The summed E-state index contributed by atoms with van der Waals surface area (Å²) in [7, 11) is 1.94. The molecule has 0 radical (unpaired) electrons. The standard InChI is InChI=1S/C14H21NO3/c1-15(11-13(16)7-8-14(17)18)10-9-12-5-3-2-4-6-12/h2-6,13,16H,7-11H2,1H3,(H,17,18). The molecule has 1 unspecified atom stereocenters. The van der Waals surface area contributed by atoms with Crippen molar-refractivity contribution in [2.45, 2.75) is 25.4 Å². The number of carbonyl (C=O) groups is 1. The zero-order chi connectivity index (χ0) is 13.4. The van der Waals surface area contributed by atoms with Gasteiger partial charge in [0.15, 0.2) is 0 Å². The fourth-order valence-electron chi connectivity index (χ4n) is 1.80. The number of rotatable bonds is 8. The molecule has 0 amide bonds. The molecule has 0 fully saturated rings. The molecule has 0 aliphatic heterocycles. The summed E-state index contributed by atoms with van der Waals surface area (Å²) in [5, 5.41) is 18.2. The lowest BCUT2D eigenvalue weighted by Crippen LogP contribution is -2.31. The fraction of sp³-hybridized carbons (Fsp3) is 0.500. The number of nitrogens with zero attached hydrogens (tertiary/aromatic N) is 1. The van der Waals surface area contributed by atoms with Gasteiger partial charge in [-0.05, 0) is 25.5 Å². The summed E-state index contributed by atoms with van der Waals surface area (Å²) in [6, 6.07) is 10.2. The summed E-state index contributed by atoms with van der Waals surface area (Å²) < 4.78 is 0. The van der Waals surface area contributed by atoms with E-state index in [0.29, 0.717) is 13.0 Å². The van der Waals surface area contributed by atoms with Crippen molar-refractivity contribution < 1.29 is 15.0 Å². The van der Waals surface area contributed by atoms with Gasteiger partial charge in [-0.1, -0.05) is 30.3 Å². The van der Waals surface area contributed by atoms with Gasteiger partial charge >= 0.3 is 5.97 Å². The third kappa shape index (κ3) is 6.37. The number of aliphatic hydroxyl groups excluding tert-OH is 1. The monoisotopic (exact) mass is 251 g/mol.